The fourth-order valence-electron chi connectivity index (χ4n) is 3.08. The minimum atomic E-state index is -4.74. The standard InChI is InChI=1S/C20H16F3N3O4/c1-28-15-6-5-14-11-26(7-8-29-16(14)10-15)18(27)13-4-2-3-12(9-13)17-24-19(30-25-17)20(21,22)23/h2-6,9-10H,7-8,11H2,1H3. The van der Waals surface area contributed by atoms with Crippen LogP contribution in [0, 0.1) is 0 Å². The average Bonchev–Trinajstić information content (AvgIpc) is 3.15. The molecule has 4 rings (SSSR count). The van der Waals surface area contributed by atoms with Gasteiger partial charge in [-0.05, 0) is 24.3 Å². The molecule has 7 nitrogen and oxygen atoms in total. The predicted octanol–water partition coefficient (Wildman–Crippen LogP) is 3.80. The molecule has 1 aliphatic rings. The summed E-state index contributed by atoms with van der Waals surface area (Å²) in [6, 6.07) is 11.5. The quantitative estimate of drug-likeness (QED) is 0.643. The highest BCUT2D eigenvalue weighted by Gasteiger charge is 2.38. The van der Waals surface area contributed by atoms with E-state index in [-0.39, 0.29) is 17.3 Å². The van der Waals surface area contributed by atoms with Crippen molar-refractivity contribution in [2.24, 2.45) is 0 Å². The van der Waals surface area contributed by atoms with Gasteiger partial charge in [-0.1, -0.05) is 17.3 Å². The molecule has 30 heavy (non-hydrogen) atoms. The van der Waals surface area contributed by atoms with Crippen molar-refractivity contribution in [3.05, 3.63) is 59.5 Å². The van der Waals surface area contributed by atoms with E-state index in [0.29, 0.717) is 36.8 Å². The number of alkyl halides is 3. The second kappa shape index (κ2) is 7.69. The minimum Gasteiger partial charge on any atom is -0.497 e. The van der Waals surface area contributed by atoms with E-state index in [1.807, 2.05) is 6.07 Å². The Morgan fingerprint density at radius 1 is 1.20 bits per heavy atom. The van der Waals surface area contributed by atoms with Gasteiger partial charge in [0.15, 0.2) is 0 Å². The summed E-state index contributed by atoms with van der Waals surface area (Å²) in [5, 5.41) is 3.36. The third-order valence-corrected chi connectivity index (χ3v) is 4.58. The number of hydrogen-bond acceptors (Lipinski definition) is 6. The smallest absolute Gasteiger partial charge is 0.471 e. The molecular weight excluding hydrogens is 403 g/mol. The average molecular weight is 419 g/mol. The Morgan fingerprint density at radius 2 is 2.03 bits per heavy atom. The van der Waals surface area contributed by atoms with Gasteiger partial charge in [0.05, 0.1) is 13.7 Å². The molecule has 1 amide bonds. The summed E-state index contributed by atoms with van der Waals surface area (Å²) < 4.78 is 53.3. The molecule has 0 radical (unpaired) electrons. The number of fused-ring (bicyclic) bond motifs is 1. The van der Waals surface area contributed by atoms with Crippen LogP contribution < -0.4 is 9.47 Å². The lowest BCUT2D eigenvalue weighted by Crippen LogP contribution is -2.32. The van der Waals surface area contributed by atoms with Crippen LogP contribution in [0.25, 0.3) is 11.4 Å². The van der Waals surface area contributed by atoms with E-state index < -0.39 is 12.1 Å². The molecule has 10 heteroatoms. The lowest BCUT2D eigenvalue weighted by atomic mass is 10.1. The van der Waals surface area contributed by atoms with Crippen molar-refractivity contribution in [2.45, 2.75) is 12.7 Å². The van der Waals surface area contributed by atoms with Crippen molar-refractivity contribution >= 4 is 5.91 Å². The molecule has 0 fully saturated rings. The summed E-state index contributed by atoms with van der Waals surface area (Å²) in [6.45, 7) is 0.967. The normalized spacial score (nSPS) is 13.9. The number of benzene rings is 2. The molecule has 0 atom stereocenters. The Balaban J connectivity index is 1.57. The van der Waals surface area contributed by atoms with Gasteiger partial charge in [-0.3, -0.25) is 4.79 Å². The summed E-state index contributed by atoms with van der Waals surface area (Å²) in [5.74, 6) is -0.673. The summed E-state index contributed by atoms with van der Waals surface area (Å²) >= 11 is 0. The first-order valence-corrected chi connectivity index (χ1v) is 8.95. The maximum Gasteiger partial charge on any atom is 0.471 e. The van der Waals surface area contributed by atoms with Gasteiger partial charge in [-0.25, -0.2) is 0 Å². The molecular formula is C20H16F3N3O4. The maximum absolute atomic E-state index is 13.0. The maximum atomic E-state index is 13.0. The van der Waals surface area contributed by atoms with Crippen molar-refractivity contribution in [1.29, 1.82) is 0 Å². The van der Waals surface area contributed by atoms with Crippen LogP contribution >= 0.6 is 0 Å². The van der Waals surface area contributed by atoms with Gasteiger partial charge in [-0.15, -0.1) is 0 Å². The number of carbonyl (C=O) groups excluding carboxylic acids is 1. The molecule has 1 aliphatic heterocycles. The van der Waals surface area contributed by atoms with Gasteiger partial charge in [-0.2, -0.15) is 18.2 Å². The van der Waals surface area contributed by atoms with Crippen LogP contribution in [-0.2, 0) is 12.7 Å². The number of rotatable bonds is 3. The van der Waals surface area contributed by atoms with Crippen LogP contribution in [0.3, 0.4) is 0 Å². The van der Waals surface area contributed by atoms with Gasteiger partial charge in [0.25, 0.3) is 5.91 Å². The number of hydrogen-bond donors (Lipinski definition) is 0. The first-order chi connectivity index (χ1) is 14.3. The van der Waals surface area contributed by atoms with Crippen molar-refractivity contribution in [1.82, 2.24) is 15.0 Å². The van der Waals surface area contributed by atoms with E-state index in [0.717, 1.165) is 5.56 Å². The van der Waals surface area contributed by atoms with Crippen LogP contribution in [0.4, 0.5) is 13.2 Å². The second-order valence-electron chi connectivity index (χ2n) is 6.55. The number of halogens is 3. The van der Waals surface area contributed by atoms with E-state index >= 15 is 0 Å². The van der Waals surface area contributed by atoms with Gasteiger partial charge >= 0.3 is 12.1 Å². The van der Waals surface area contributed by atoms with Gasteiger partial charge in [0, 0.05) is 29.3 Å². The van der Waals surface area contributed by atoms with E-state index in [2.05, 4.69) is 14.7 Å². The molecule has 2 heterocycles. The van der Waals surface area contributed by atoms with E-state index in [4.69, 9.17) is 9.47 Å². The number of amides is 1. The summed E-state index contributed by atoms with van der Waals surface area (Å²) in [6.07, 6.45) is -4.74. The highest BCUT2D eigenvalue weighted by Crippen LogP contribution is 2.30. The molecule has 3 aromatic rings. The van der Waals surface area contributed by atoms with Crippen molar-refractivity contribution in [2.75, 3.05) is 20.3 Å². The Labute approximate surface area is 169 Å². The fraction of sp³-hybridized carbons (Fsp3) is 0.250. The molecule has 0 aliphatic carbocycles. The zero-order chi connectivity index (χ0) is 21.3. The van der Waals surface area contributed by atoms with Crippen molar-refractivity contribution < 1.29 is 32.0 Å². The van der Waals surface area contributed by atoms with Crippen LogP contribution in [0.1, 0.15) is 21.8 Å². The summed E-state index contributed by atoms with van der Waals surface area (Å²) in [4.78, 5) is 18.0. The highest BCUT2D eigenvalue weighted by atomic mass is 19.4. The Hall–Kier alpha value is -3.56. The number of ether oxygens (including phenoxy) is 2. The monoisotopic (exact) mass is 419 g/mol. The topological polar surface area (TPSA) is 77.7 Å². The summed E-state index contributed by atoms with van der Waals surface area (Å²) in [5.41, 5.74) is 1.37. The molecule has 0 saturated heterocycles. The predicted molar refractivity (Wildman–Crippen MR) is 98.0 cm³/mol. The molecule has 0 spiro atoms. The lowest BCUT2D eigenvalue weighted by molar-refractivity contribution is -0.159. The zero-order valence-corrected chi connectivity index (χ0v) is 15.8. The molecule has 1 aromatic heterocycles. The SMILES string of the molecule is COc1ccc2c(c1)OCCN(C(=O)c1cccc(-c3noc(C(F)(F)F)n3)c1)C2. The van der Waals surface area contributed by atoms with Gasteiger partial charge < -0.3 is 18.9 Å². The highest BCUT2D eigenvalue weighted by molar-refractivity contribution is 5.95. The minimum absolute atomic E-state index is 0.242. The van der Waals surface area contributed by atoms with Gasteiger partial charge in [0.2, 0.25) is 5.82 Å². The van der Waals surface area contributed by atoms with Crippen LogP contribution in [0.5, 0.6) is 11.5 Å². The van der Waals surface area contributed by atoms with Crippen molar-refractivity contribution in [3.63, 3.8) is 0 Å². The number of carbonyl (C=O) groups is 1. The van der Waals surface area contributed by atoms with Crippen LogP contribution in [-0.4, -0.2) is 41.2 Å². The molecule has 156 valence electrons. The van der Waals surface area contributed by atoms with E-state index in [9.17, 15) is 18.0 Å². The Kier molecular flexibility index (Phi) is 5.06. The summed E-state index contributed by atoms with van der Waals surface area (Å²) in [7, 11) is 1.56. The first kappa shape index (κ1) is 19.7. The zero-order valence-electron chi connectivity index (χ0n) is 15.8. The first-order valence-electron chi connectivity index (χ1n) is 8.95. The number of aromatic nitrogens is 2. The van der Waals surface area contributed by atoms with E-state index in [1.165, 1.54) is 12.1 Å². The third-order valence-electron chi connectivity index (χ3n) is 4.58. The molecule has 0 saturated carbocycles. The fourth-order valence-corrected chi connectivity index (χ4v) is 3.08. The third kappa shape index (κ3) is 3.93. The Bertz CT molecular complexity index is 1080. The van der Waals surface area contributed by atoms with E-state index in [1.54, 1.807) is 36.3 Å². The van der Waals surface area contributed by atoms with Crippen LogP contribution in [0.15, 0.2) is 47.0 Å². The van der Waals surface area contributed by atoms with Gasteiger partial charge in [0.1, 0.15) is 18.1 Å². The lowest BCUT2D eigenvalue weighted by Gasteiger charge is -2.20. The molecule has 0 N–H and O–H groups in total. The molecule has 0 unspecified atom stereocenters. The Morgan fingerprint density at radius 3 is 2.77 bits per heavy atom. The largest absolute Gasteiger partial charge is 0.497 e. The number of methoxy groups -OCH3 is 1. The molecule has 0 bridgehead atoms. The second-order valence-corrected chi connectivity index (χ2v) is 6.55. The molecule has 2 aromatic carbocycles. The van der Waals surface area contributed by atoms with Crippen molar-refractivity contribution in [3.8, 4) is 22.9 Å². The van der Waals surface area contributed by atoms with Crippen LogP contribution in [0.2, 0.25) is 0 Å². The number of nitrogens with zero attached hydrogens (tertiary/aromatic N) is 3.